The highest BCUT2D eigenvalue weighted by Gasteiger charge is 2.15. The summed E-state index contributed by atoms with van der Waals surface area (Å²) in [6.07, 6.45) is 3.14. The summed E-state index contributed by atoms with van der Waals surface area (Å²) in [7, 11) is 1.74. The topological polar surface area (TPSA) is 66.3 Å². The van der Waals surface area contributed by atoms with E-state index in [1.807, 2.05) is 30.3 Å². The first-order valence-corrected chi connectivity index (χ1v) is 7.84. The third-order valence-corrected chi connectivity index (χ3v) is 3.99. The van der Waals surface area contributed by atoms with Gasteiger partial charge in [0.2, 0.25) is 0 Å². The van der Waals surface area contributed by atoms with Gasteiger partial charge in [-0.15, -0.1) is 0 Å². The highest BCUT2D eigenvalue weighted by molar-refractivity contribution is 5.97. The molecule has 5 nitrogen and oxygen atoms in total. The van der Waals surface area contributed by atoms with Crippen LogP contribution in [0.3, 0.4) is 0 Å². The van der Waals surface area contributed by atoms with Crippen molar-refractivity contribution in [1.29, 1.82) is 0 Å². The number of hydrogen-bond acceptors (Lipinski definition) is 4. The summed E-state index contributed by atoms with van der Waals surface area (Å²) >= 11 is 0. The highest BCUT2D eigenvalue weighted by atomic mass is 16.3. The quantitative estimate of drug-likeness (QED) is 0.785. The van der Waals surface area contributed by atoms with Gasteiger partial charge >= 0.3 is 0 Å². The van der Waals surface area contributed by atoms with Gasteiger partial charge in [-0.1, -0.05) is 30.3 Å². The summed E-state index contributed by atoms with van der Waals surface area (Å²) in [5, 5.41) is 10.2. The molecule has 0 bridgehead atoms. The summed E-state index contributed by atoms with van der Waals surface area (Å²) in [5.41, 5.74) is 2.89. The van der Waals surface area contributed by atoms with E-state index in [9.17, 15) is 9.90 Å². The molecule has 1 atom stereocenters. The fourth-order valence-corrected chi connectivity index (χ4v) is 2.58. The van der Waals surface area contributed by atoms with Gasteiger partial charge in [0.15, 0.2) is 0 Å². The van der Waals surface area contributed by atoms with Crippen LogP contribution in [0.5, 0.6) is 0 Å². The second-order valence-corrected chi connectivity index (χ2v) is 5.70. The number of amides is 1. The van der Waals surface area contributed by atoms with Crippen LogP contribution in [0.25, 0.3) is 11.0 Å². The van der Waals surface area contributed by atoms with Crippen molar-refractivity contribution < 1.29 is 9.90 Å². The average molecular weight is 321 g/mol. The first kappa shape index (κ1) is 16.1. The molecule has 0 unspecified atom stereocenters. The molecule has 0 spiro atoms. The molecule has 1 N–H and O–H groups in total. The molecule has 0 saturated carbocycles. The van der Waals surface area contributed by atoms with E-state index < -0.39 is 6.10 Å². The van der Waals surface area contributed by atoms with E-state index in [4.69, 9.17) is 0 Å². The van der Waals surface area contributed by atoms with Crippen LogP contribution >= 0.6 is 0 Å². The normalized spacial score (nSPS) is 12.1. The van der Waals surface area contributed by atoms with Crippen LogP contribution in [0.15, 0.2) is 60.9 Å². The minimum atomic E-state index is -0.580. The lowest BCUT2D eigenvalue weighted by Crippen LogP contribution is -2.28. The second kappa shape index (κ2) is 7.19. The molecule has 2 aromatic carbocycles. The smallest absolute Gasteiger partial charge is 0.253 e. The van der Waals surface area contributed by atoms with Gasteiger partial charge in [-0.2, -0.15) is 0 Å². The monoisotopic (exact) mass is 321 g/mol. The second-order valence-electron chi connectivity index (χ2n) is 5.70. The summed E-state index contributed by atoms with van der Waals surface area (Å²) in [6.45, 7) is 0.466. The molecule has 24 heavy (non-hydrogen) atoms. The minimum Gasteiger partial charge on any atom is -0.388 e. The Morgan fingerprint density at radius 1 is 1.08 bits per heavy atom. The van der Waals surface area contributed by atoms with E-state index in [1.165, 1.54) is 0 Å². The number of carbonyl (C=O) groups is 1. The summed E-state index contributed by atoms with van der Waals surface area (Å²) in [5.74, 6) is -0.0946. The number of benzene rings is 2. The van der Waals surface area contributed by atoms with Crippen molar-refractivity contribution in [2.75, 3.05) is 13.6 Å². The van der Waals surface area contributed by atoms with Crippen molar-refractivity contribution in [3.05, 3.63) is 72.1 Å². The fourth-order valence-electron chi connectivity index (χ4n) is 2.58. The molecule has 0 aliphatic carbocycles. The van der Waals surface area contributed by atoms with Crippen LogP contribution in [0.2, 0.25) is 0 Å². The fraction of sp³-hybridized carbons (Fsp3) is 0.211. The van der Waals surface area contributed by atoms with E-state index in [-0.39, 0.29) is 5.91 Å². The van der Waals surface area contributed by atoms with Crippen molar-refractivity contribution in [1.82, 2.24) is 14.9 Å². The standard InChI is InChI=1S/C19H19N3O2/c1-22(12-9-18(23)14-5-3-2-4-6-14)19(24)15-7-8-16-17(13-15)21-11-10-20-16/h2-8,10-11,13,18,23H,9,12H2,1H3/t18-/m1/s1. The summed E-state index contributed by atoms with van der Waals surface area (Å²) < 4.78 is 0. The molecule has 1 heterocycles. The molecule has 0 radical (unpaired) electrons. The largest absolute Gasteiger partial charge is 0.388 e. The number of rotatable bonds is 5. The lowest BCUT2D eigenvalue weighted by molar-refractivity contribution is 0.0761. The molecular weight excluding hydrogens is 302 g/mol. The Morgan fingerprint density at radius 3 is 2.54 bits per heavy atom. The molecule has 0 aliphatic rings. The maximum atomic E-state index is 12.5. The van der Waals surface area contributed by atoms with Crippen molar-refractivity contribution in [2.24, 2.45) is 0 Å². The Labute approximate surface area is 140 Å². The molecule has 3 aromatic rings. The molecule has 1 aromatic heterocycles. The zero-order chi connectivity index (χ0) is 16.9. The van der Waals surface area contributed by atoms with Crippen molar-refractivity contribution >= 4 is 16.9 Å². The molecule has 0 aliphatic heterocycles. The van der Waals surface area contributed by atoms with E-state index in [1.54, 1.807) is 42.5 Å². The predicted octanol–water partition coefficient (Wildman–Crippen LogP) is 2.83. The molecule has 0 fully saturated rings. The molecule has 5 heteroatoms. The Kier molecular flexibility index (Phi) is 4.82. The van der Waals surface area contributed by atoms with E-state index in [2.05, 4.69) is 9.97 Å². The van der Waals surface area contributed by atoms with Crippen molar-refractivity contribution in [2.45, 2.75) is 12.5 Å². The SMILES string of the molecule is CN(CC[C@@H](O)c1ccccc1)C(=O)c1ccc2nccnc2c1. The number of aromatic nitrogens is 2. The van der Waals surface area contributed by atoms with Gasteiger partial charge < -0.3 is 10.0 Å². The van der Waals surface area contributed by atoms with Crippen molar-refractivity contribution in [3.8, 4) is 0 Å². The first-order chi connectivity index (χ1) is 11.6. The summed E-state index contributed by atoms with van der Waals surface area (Å²) in [6, 6.07) is 14.8. The van der Waals surface area contributed by atoms with Gasteiger partial charge in [0.05, 0.1) is 17.1 Å². The number of aliphatic hydroxyl groups excluding tert-OH is 1. The Hall–Kier alpha value is -2.79. The van der Waals surface area contributed by atoms with Gasteiger partial charge in [-0.25, -0.2) is 0 Å². The number of carbonyl (C=O) groups excluding carboxylic acids is 1. The first-order valence-electron chi connectivity index (χ1n) is 7.84. The van der Waals surface area contributed by atoms with Crippen LogP contribution in [0, 0.1) is 0 Å². The maximum Gasteiger partial charge on any atom is 0.253 e. The lowest BCUT2D eigenvalue weighted by atomic mass is 10.1. The van der Waals surface area contributed by atoms with E-state index in [0.717, 1.165) is 11.1 Å². The Bertz CT molecular complexity index is 836. The van der Waals surface area contributed by atoms with Gasteiger partial charge in [-0.05, 0) is 30.2 Å². The molecule has 3 rings (SSSR count). The van der Waals surface area contributed by atoms with Crippen LogP contribution < -0.4 is 0 Å². The summed E-state index contributed by atoms with van der Waals surface area (Å²) in [4.78, 5) is 22.6. The third kappa shape index (κ3) is 3.58. The lowest BCUT2D eigenvalue weighted by Gasteiger charge is -2.19. The highest BCUT2D eigenvalue weighted by Crippen LogP contribution is 2.17. The predicted molar refractivity (Wildman–Crippen MR) is 92.5 cm³/mol. The van der Waals surface area contributed by atoms with Gasteiger partial charge in [0.25, 0.3) is 5.91 Å². The van der Waals surface area contributed by atoms with Crippen LogP contribution in [-0.2, 0) is 0 Å². The average Bonchev–Trinajstić information content (AvgIpc) is 2.65. The molecule has 0 saturated heterocycles. The number of nitrogens with zero attached hydrogens (tertiary/aromatic N) is 3. The Morgan fingerprint density at radius 2 is 1.79 bits per heavy atom. The third-order valence-electron chi connectivity index (χ3n) is 3.99. The van der Waals surface area contributed by atoms with Crippen LogP contribution in [-0.4, -0.2) is 39.5 Å². The number of hydrogen-bond donors (Lipinski definition) is 1. The molecule has 1 amide bonds. The molecular formula is C19H19N3O2. The van der Waals surface area contributed by atoms with Gasteiger partial charge in [-0.3, -0.25) is 14.8 Å². The van der Waals surface area contributed by atoms with E-state index >= 15 is 0 Å². The number of fused-ring (bicyclic) bond motifs is 1. The van der Waals surface area contributed by atoms with Crippen molar-refractivity contribution in [3.63, 3.8) is 0 Å². The molecule has 122 valence electrons. The van der Waals surface area contributed by atoms with Crippen LogP contribution in [0.4, 0.5) is 0 Å². The van der Waals surface area contributed by atoms with Gasteiger partial charge in [0.1, 0.15) is 0 Å². The zero-order valence-corrected chi connectivity index (χ0v) is 13.5. The van der Waals surface area contributed by atoms with Crippen LogP contribution in [0.1, 0.15) is 28.4 Å². The number of aliphatic hydroxyl groups is 1. The van der Waals surface area contributed by atoms with E-state index in [0.29, 0.717) is 24.0 Å². The zero-order valence-electron chi connectivity index (χ0n) is 13.5. The van der Waals surface area contributed by atoms with Gasteiger partial charge in [0, 0.05) is 31.5 Å². The minimum absolute atomic E-state index is 0.0946. The Balaban J connectivity index is 1.65. The maximum absolute atomic E-state index is 12.5.